The summed E-state index contributed by atoms with van der Waals surface area (Å²) in [6.07, 6.45) is 1.81. The molecule has 0 bridgehead atoms. The maximum Gasteiger partial charge on any atom is 0.223 e. The Labute approximate surface area is 127 Å². The number of benzene rings is 1. The van der Waals surface area contributed by atoms with E-state index in [0.29, 0.717) is 32.6 Å². The number of hydrogen-bond donors (Lipinski definition) is 0. The van der Waals surface area contributed by atoms with E-state index in [4.69, 9.17) is 4.74 Å². The van der Waals surface area contributed by atoms with Crippen LogP contribution in [0.5, 0.6) is 0 Å². The lowest BCUT2D eigenvalue weighted by Crippen LogP contribution is -2.39. The minimum Gasteiger partial charge on any atom is -0.380 e. The van der Waals surface area contributed by atoms with Gasteiger partial charge in [0.2, 0.25) is 5.91 Å². The van der Waals surface area contributed by atoms with Gasteiger partial charge in [0.05, 0.1) is 6.61 Å². The van der Waals surface area contributed by atoms with E-state index in [1.807, 2.05) is 11.8 Å². The van der Waals surface area contributed by atoms with Crippen LogP contribution in [0.4, 0.5) is 4.39 Å². The van der Waals surface area contributed by atoms with Crippen molar-refractivity contribution in [3.63, 3.8) is 0 Å². The second-order valence-electron chi connectivity index (χ2n) is 5.07. The molecule has 0 unspecified atom stereocenters. The predicted molar refractivity (Wildman–Crippen MR) is 79.0 cm³/mol. The highest BCUT2D eigenvalue weighted by Gasteiger charge is 2.22. The van der Waals surface area contributed by atoms with Crippen LogP contribution in [0.2, 0.25) is 0 Å². The zero-order chi connectivity index (χ0) is 14.5. The van der Waals surface area contributed by atoms with Crippen molar-refractivity contribution in [3.8, 4) is 0 Å². The number of ether oxygens (including phenoxy) is 1. The average Bonchev–Trinajstić information content (AvgIpc) is 2.64. The number of nitrogens with zero attached hydrogens (tertiary/aromatic N) is 1. The Kier molecular flexibility index (Phi) is 5.54. The molecule has 1 fully saturated rings. The fourth-order valence-electron chi connectivity index (χ4n) is 2.39. The van der Waals surface area contributed by atoms with E-state index in [1.54, 1.807) is 6.07 Å². The number of halogens is 2. The third kappa shape index (κ3) is 4.03. The normalized spacial score (nSPS) is 19.8. The molecule has 1 amide bonds. The van der Waals surface area contributed by atoms with Crippen molar-refractivity contribution in [1.82, 2.24) is 4.90 Å². The molecule has 110 valence electrons. The van der Waals surface area contributed by atoms with Crippen LogP contribution in [0.1, 0.15) is 25.3 Å². The van der Waals surface area contributed by atoms with Gasteiger partial charge in [0.1, 0.15) is 5.82 Å². The van der Waals surface area contributed by atoms with E-state index in [0.717, 1.165) is 16.5 Å². The van der Waals surface area contributed by atoms with E-state index in [-0.39, 0.29) is 17.8 Å². The lowest BCUT2D eigenvalue weighted by Gasteiger charge is -2.26. The minimum atomic E-state index is -0.271. The Bertz CT molecular complexity index is 481. The van der Waals surface area contributed by atoms with Crippen molar-refractivity contribution in [1.29, 1.82) is 0 Å². The summed E-state index contributed by atoms with van der Waals surface area (Å²) in [5, 5.41) is 0. The molecule has 0 radical (unpaired) electrons. The summed E-state index contributed by atoms with van der Waals surface area (Å²) in [6.45, 7) is 4.00. The van der Waals surface area contributed by atoms with Gasteiger partial charge >= 0.3 is 0 Å². The molecule has 20 heavy (non-hydrogen) atoms. The van der Waals surface area contributed by atoms with Gasteiger partial charge in [-0.05, 0) is 43.5 Å². The van der Waals surface area contributed by atoms with Crippen LogP contribution in [-0.4, -0.2) is 36.6 Å². The van der Waals surface area contributed by atoms with E-state index in [9.17, 15) is 9.18 Å². The Balaban J connectivity index is 1.95. The third-order valence-electron chi connectivity index (χ3n) is 3.62. The van der Waals surface area contributed by atoms with Crippen molar-refractivity contribution in [2.75, 3.05) is 19.8 Å². The van der Waals surface area contributed by atoms with Crippen LogP contribution in [0.3, 0.4) is 0 Å². The largest absolute Gasteiger partial charge is 0.380 e. The van der Waals surface area contributed by atoms with Gasteiger partial charge in [-0.15, -0.1) is 0 Å². The summed E-state index contributed by atoms with van der Waals surface area (Å²) in [5.41, 5.74) is 0.831. The lowest BCUT2D eigenvalue weighted by molar-refractivity contribution is -0.133. The van der Waals surface area contributed by atoms with Crippen LogP contribution >= 0.6 is 15.9 Å². The molecule has 1 aliphatic rings. The molecule has 1 aliphatic heterocycles. The van der Waals surface area contributed by atoms with E-state index >= 15 is 0 Å². The molecule has 1 heterocycles. The van der Waals surface area contributed by atoms with Crippen molar-refractivity contribution < 1.29 is 13.9 Å². The van der Waals surface area contributed by atoms with Crippen LogP contribution in [0.25, 0.3) is 0 Å². The summed E-state index contributed by atoms with van der Waals surface area (Å²) < 4.78 is 19.4. The van der Waals surface area contributed by atoms with E-state index in [2.05, 4.69) is 15.9 Å². The summed E-state index contributed by atoms with van der Waals surface area (Å²) in [5.74, 6) is -0.161. The summed E-state index contributed by atoms with van der Waals surface area (Å²) in [4.78, 5) is 14.2. The first kappa shape index (κ1) is 15.4. The first-order chi connectivity index (χ1) is 9.58. The number of rotatable bonds is 3. The Morgan fingerprint density at radius 2 is 2.30 bits per heavy atom. The zero-order valence-electron chi connectivity index (χ0n) is 11.6. The van der Waals surface area contributed by atoms with Gasteiger partial charge in [0.15, 0.2) is 0 Å². The van der Waals surface area contributed by atoms with Gasteiger partial charge in [0, 0.05) is 30.1 Å². The molecule has 0 spiro atoms. The Morgan fingerprint density at radius 1 is 1.50 bits per heavy atom. The molecule has 1 atom stereocenters. The fraction of sp³-hybridized carbons (Fsp3) is 0.533. The quantitative estimate of drug-likeness (QED) is 0.843. The Hall–Kier alpha value is -0.940. The SMILES string of the molecule is C[C@@H]1CCOCCN1C(=O)CCc1cc(F)ccc1Br. The molecular formula is C15H19BrFNO2. The van der Waals surface area contributed by atoms with Gasteiger partial charge in [0.25, 0.3) is 0 Å². The molecule has 3 nitrogen and oxygen atoms in total. The highest BCUT2D eigenvalue weighted by atomic mass is 79.9. The highest BCUT2D eigenvalue weighted by molar-refractivity contribution is 9.10. The predicted octanol–water partition coefficient (Wildman–Crippen LogP) is 3.16. The number of hydrogen-bond acceptors (Lipinski definition) is 2. The number of amides is 1. The highest BCUT2D eigenvalue weighted by Crippen LogP contribution is 2.20. The van der Waals surface area contributed by atoms with Crippen molar-refractivity contribution in [3.05, 3.63) is 34.1 Å². The van der Waals surface area contributed by atoms with Crippen LogP contribution in [-0.2, 0) is 16.0 Å². The molecule has 0 N–H and O–H groups in total. The van der Waals surface area contributed by atoms with Crippen LogP contribution in [0, 0.1) is 5.82 Å². The molecule has 2 rings (SSSR count). The van der Waals surface area contributed by atoms with Gasteiger partial charge < -0.3 is 9.64 Å². The fourth-order valence-corrected chi connectivity index (χ4v) is 2.83. The van der Waals surface area contributed by atoms with Gasteiger partial charge in [-0.3, -0.25) is 4.79 Å². The van der Waals surface area contributed by atoms with Gasteiger partial charge in [-0.1, -0.05) is 15.9 Å². The van der Waals surface area contributed by atoms with E-state index in [1.165, 1.54) is 12.1 Å². The topological polar surface area (TPSA) is 29.5 Å². The van der Waals surface area contributed by atoms with Crippen molar-refractivity contribution in [2.45, 2.75) is 32.2 Å². The van der Waals surface area contributed by atoms with Gasteiger partial charge in [-0.2, -0.15) is 0 Å². The lowest BCUT2D eigenvalue weighted by atomic mass is 10.1. The smallest absolute Gasteiger partial charge is 0.223 e. The van der Waals surface area contributed by atoms with Crippen LogP contribution < -0.4 is 0 Å². The molecule has 5 heteroatoms. The maximum absolute atomic E-state index is 13.2. The van der Waals surface area contributed by atoms with Crippen molar-refractivity contribution >= 4 is 21.8 Å². The second kappa shape index (κ2) is 7.18. The third-order valence-corrected chi connectivity index (χ3v) is 4.40. The minimum absolute atomic E-state index is 0.110. The molecule has 1 aromatic carbocycles. The van der Waals surface area contributed by atoms with Gasteiger partial charge in [-0.25, -0.2) is 4.39 Å². The molecule has 0 aromatic heterocycles. The standard InChI is InChI=1S/C15H19BrFNO2/c1-11-6-8-20-9-7-18(11)15(19)5-2-12-10-13(17)3-4-14(12)16/h3-4,10-11H,2,5-9H2,1H3/t11-/m1/s1. The monoisotopic (exact) mass is 343 g/mol. The first-order valence-electron chi connectivity index (χ1n) is 6.89. The summed E-state index contributed by atoms with van der Waals surface area (Å²) in [6, 6.07) is 4.77. The summed E-state index contributed by atoms with van der Waals surface area (Å²) in [7, 11) is 0. The maximum atomic E-state index is 13.2. The van der Waals surface area contributed by atoms with E-state index < -0.39 is 0 Å². The van der Waals surface area contributed by atoms with Crippen molar-refractivity contribution in [2.24, 2.45) is 0 Å². The Morgan fingerprint density at radius 3 is 3.10 bits per heavy atom. The second-order valence-corrected chi connectivity index (χ2v) is 5.93. The molecule has 1 saturated heterocycles. The first-order valence-corrected chi connectivity index (χ1v) is 7.68. The molecule has 1 aromatic rings. The number of aryl methyl sites for hydroxylation is 1. The molecule has 0 aliphatic carbocycles. The zero-order valence-corrected chi connectivity index (χ0v) is 13.2. The summed E-state index contributed by atoms with van der Waals surface area (Å²) >= 11 is 3.39. The number of carbonyl (C=O) groups excluding carboxylic acids is 1. The average molecular weight is 344 g/mol. The molecule has 0 saturated carbocycles. The van der Waals surface area contributed by atoms with Crippen LogP contribution in [0.15, 0.2) is 22.7 Å². The number of carbonyl (C=O) groups is 1. The molecular weight excluding hydrogens is 325 g/mol.